The smallest absolute Gasteiger partial charge is 0.340 e. The van der Waals surface area contributed by atoms with Crippen molar-refractivity contribution in [2.75, 3.05) is 0 Å². The Hall–Kier alpha value is -3.91. The first-order chi connectivity index (χ1) is 14.7. The van der Waals surface area contributed by atoms with E-state index in [1.807, 2.05) is 36.4 Å². The Morgan fingerprint density at radius 2 is 1.67 bits per heavy atom. The molecule has 0 radical (unpaired) electrons. The van der Waals surface area contributed by atoms with Crippen LogP contribution in [0.3, 0.4) is 0 Å². The minimum absolute atomic E-state index is 0.330. The highest BCUT2D eigenvalue weighted by Crippen LogP contribution is 2.32. The maximum atomic E-state index is 12.8. The number of ether oxygens (including phenoxy) is 1. The third kappa shape index (κ3) is 3.23. The summed E-state index contributed by atoms with van der Waals surface area (Å²) >= 11 is 1.50. The van der Waals surface area contributed by atoms with Gasteiger partial charge in [0.15, 0.2) is 6.73 Å². The second-order valence-electron chi connectivity index (χ2n) is 6.50. The summed E-state index contributed by atoms with van der Waals surface area (Å²) in [5, 5.41) is 8.99. The zero-order valence-corrected chi connectivity index (χ0v) is 16.4. The maximum Gasteiger partial charge on any atom is 0.340 e. The molecule has 0 saturated carbocycles. The van der Waals surface area contributed by atoms with Gasteiger partial charge in [-0.05, 0) is 30.3 Å². The SMILES string of the molecule is O=C(OCn1nnc2ccccc2c1=O)c1ccccc1-c1nc2ccccc2s1. The van der Waals surface area contributed by atoms with E-state index in [2.05, 4.69) is 15.3 Å². The fourth-order valence-corrected chi connectivity index (χ4v) is 4.15. The number of esters is 1. The number of rotatable bonds is 4. The molecule has 2 heterocycles. The number of hydrogen-bond donors (Lipinski definition) is 0. The number of fused-ring (bicyclic) bond motifs is 2. The first-order valence-corrected chi connectivity index (χ1v) is 9.97. The van der Waals surface area contributed by atoms with Crippen molar-refractivity contribution in [3.8, 4) is 10.6 Å². The number of thiazole rings is 1. The monoisotopic (exact) mass is 414 g/mol. The molecule has 146 valence electrons. The zero-order valence-electron chi connectivity index (χ0n) is 15.6. The van der Waals surface area contributed by atoms with Crippen LogP contribution < -0.4 is 5.56 Å². The first kappa shape index (κ1) is 18.1. The average Bonchev–Trinajstić information content (AvgIpc) is 3.23. The molecule has 0 atom stereocenters. The van der Waals surface area contributed by atoms with Crippen LogP contribution in [0.4, 0.5) is 0 Å². The number of para-hydroxylation sites is 1. The number of hydrogen-bond acceptors (Lipinski definition) is 7. The van der Waals surface area contributed by atoms with E-state index < -0.39 is 5.97 Å². The van der Waals surface area contributed by atoms with Crippen molar-refractivity contribution in [1.29, 1.82) is 0 Å². The number of carbonyl (C=O) groups is 1. The predicted octanol–water partition coefficient (Wildman–Crippen LogP) is 3.88. The Bertz CT molecular complexity index is 1420. The van der Waals surface area contributed by atoms with Crippen molar-refractivity contribution in [2.24, 2.45) is 0 Å². The second kappa shape index (κ2) is 7.49. The van der Waals surface area contributed by atoms with Gasteiger partial charge in [-0.1, -0.05) is 47.7 Å². The topological polar surface area (TPSA) is 87.0 Å². The van der Waals surface area contributed by atoms with Crippen molar-refractivity contribution in [3.05, 3.63) is 88.7 Å². The summed E-state index contributed by atoms with van der Waals surface area (Å²) in [5.74, 6) is -0.563. The fourth-order valence-electron chi connectivity index (χ4n) is 3.14. The minimum atomic E-state index is -0.563. The lowest BCUT2D eigenvalue weighted by atomic mass is 10.1. The highest BCUT2D eigenvalue weighted by molar-refractivity contribution is 7.21. The normalized spacial score (nSPS) is 11.1. The molecule has 7 nitrogen and oxygen atoms in total. The number of aromatic nitrogens is 4. The van der Waals surface area contributed by atoms with Crippen LogP contribution in [0.5, 0.6) is 0 Å². The van der Waals surface area contributed by atoms with E-state index in [1.165, 1.54) is 11.3 Å². The molecular weight excluding hydrogens is 400 g/mol. The van der Waals surface area contributed by atoms with E-state index in [1.54, 1.807) is 36.4 Å². The number of benzene rings is 3. The van der Waals surface area contributed by atoms with Gasteiger partial charge in [0.25, 0.3) is 5.56 Å². The summed E-state index contributed by atoms with van der Waals surface area (Å²) in [6.45, 7) is -0.330. The van der Waals surface area contributed by atoms with E-state index >= 15 is 0 Å². The molecule has 5 rings (SSSR count). The predicted molar refractivity (Wildman–Crippen MR) is 114 cm³/mol. The molecule has 5 aromatic rings. The molecule has 0 saturated heterocycles. The van der Waals surface area contributed by atoms with Gasteiger partial charge >= 0.3 is 5.97 Å². The van der Waals surface area contributed by atoms with Gasteiger partial charge in [0, 0.05) is 5.56 Å². The molecule has 30 heavy (non-hydrogen) atoms. The summed E-state index contributed by atoms with van der Waals surface area (Å²) < 4.78 is 7.44. The van der Waals surface area contributed by atoms with Gasteiger partial charge in [-0.3, -0.25) is 4.79 Å². The van der Waals surface area contributed by atoms with Crippen LogP contribution in [0.1, 0.15) is 10.4 Å². The molecule has 0 bridgehead atoms. The van der Waals surface area contributed by atoms with Crippen LogP contribution in [-0.2, 0) is 11.5 Å². The quantitative estimate of drug-likeness (QED) is 0.415. The third-order valence-corrected chi connectivity index (χ3v) is 5.69. The van der Waals surface area contributed by atoms with Crippen LogP contribution in [-0.4, -0.2) is 25.9 Å². The molecular formula is C22H14N4O3S. The van der Waals surface area contributed by atoms with E-state index in [0.29, 0.717) is 22.0 Å². The van der Waals surface area contributed by atoms with Crippen LogP contribution in [0.25, 0.3) is 31.7 Å². The molecule has 0 aliphatic heterocycles. The van der Waals surface area contributed by atoms with E-state index in [4.69, 9.17) is 4.74 Å². The first-order valence-electron chi connectivity index (χ1n) is 9.15. The maximum absolute atomic E-state index is 12.8. The van der Waals surface area contributed by atoms with Gasteiger partial charge in [-0.15, -0.1) is 16.4 Å². The van der Waals surface area contributed by atoms with Crippen LogP contribution in [0.15, 0.2) is 77.6 Å². The van der Waals surface area contributed by atoms with Crippen molar-refractivity contribution < 1.29 is 9.53 Å². The summed E-state index contributed by atoms with van der Waals surface area (Å²) in [6, 6.07) is 21.8. The molecule has 0 amide bonds. The number of carbonyl (C=O) groups excluding carboxylic acids is 1. The Balaban J connectivity index is 1.44. The highest BCUT2D eigenvalue weighted by atomic mass is 32.1. The number of nitrogens with zero attached hydrogens (tertiary/aromatic N) is 4. The lowest BCUT2D eigenvalue weighted by molar-refractivity contribution is 0.0337. The average molecular weight is 414 g/mol. The van der Waals surface area contributed by atoms with Crippen molar-refractivity contribution in [3.63, 3.8) is 0 Å². The molecule has 0 aliphatic rings. The molecule has 0 N–H and O–H groups in total. The minimum Gasteiger partial charge on any atom is -0.439 e. The molecule has 0 unspecified atom stereocenters. The van der Waals surface area contributed by atoms with Crippen LogP contribution >= 0.6 is 11.3 Å². The molecule has 0 aliphatic carbocycles. The zero-order chi connectivity index (χ0) is 20.5. The van der Waals surface area contributed by atoms with Gasteiger partial charge in [0.05, 0.1) is 21.2 Å². The van der Waals surface area contributed by atoms with Crippen LogP contribution in [0.2, 0.25) is 0 Å². The van der Waals surface area contributed by atoms with Crippen LogP contribution in [0, 0.1) is 0 Å². The van der Waals surface area contributed by atoms with E-state index in [0.717, 1.165) is 19.9 Å². The summed E-state index contributed by atoms with van der Waals surface area (Å²) in [4.78, 5) is 29.9. The van der Waals surface area contributed by atoms with Gasteiger partial charge in [-0.25, -0.2) is 9.78 Å². The van der Waals surface area contributed by atoms with Crippen molar-refractivity contribution in [1.82, 2.24) is 20.0 Å². The molecule has 8 heteroatoms. The standard InChI is InChI=1S/C22H14N4O3S/c27-21-16-9-3-4-10-17(16)24-25-26(21)13-29-22(28)15-8-2-1-7-14(15)20-23-18-11-5-6-12-19(18)30-20/h1-12H,13H2. The summed E-state index contributed by atoms with van der Waals surface area (Å²) in [6.07, 6.45) is 0. The molecule has 0 fully saturated rings. The van der Waals surface area contributed by atoms with E-state index in [9.17, 15) is 9.59 Å². The lowest BCUT2D eigenvalue weighted by Crippen LogP contribution is -2.26. The largest absolute Gasteiger partial charge is 0.439 e. The Kier molecular flexibility index (Phi) is 4.53. The van der Waals surface area contributed by atoms with Gasteiger partial charge in [0.2, 0.25) is 0 Å². The second-order valence-corrected chi connectivity index (χ2v) is 7.54. The molecule has 0 spiro atoms. The van der Waals surface area contributed by atoms with Gasteiger partial charge < -0.3 is 4.74 Å². The molecule has 2 aromatic heterocycles. The summed E-state index contributed by atoms with van der Waals surface area (Å²) in [7, 11) is 0. The lowest BCUT2D eigenvalue weighted by Gasteiger charge is -2.09. The Labute approximate surface area is 174 Å². The van der Waals surface area contributed by atoms with Crippen molar-refractivity contribution >= 4 is 38.4 Å². The fraction of sp³-hybridized carbons (Fsp3) is 0.0455. The van der Waals surface area contributed by atoms with Crippen molar-refractivity contribution in [2.45, 2.75) is 6.73 Å². The van der Waals surface area contributed by atoms with E-state index in [-0.39, 0.29) is 12.3 Å². The van der Waals surface area contributed by atoms with Gasteiger partial charge in [0.1, 0.15) is 10.5 Å². The third-order valence-electron chi connectivity index (χ3n) is 4.62. The van der Waals surface area contributed by atoms with Gasteiger partial charge in [-0.2, -0.15) is 4.68 Å². The Morgan fingerprint density at radius 3 is 2.53 bits per heavy atom. The Morgan fingerprint density at radius 1 is 0.933 bits per heavy atom. The summed E-state index contributed by atoms with van der Waals surface area (Å²) in [5.41, 5.74) is 2.05. The molecule has 3 aromatic carbocycles. The highest BCUT2D eigenvalue weighted by Gasteiger charge is 2.17.